The summed E-state index contributed by atoms with van der Waals surface area (Å²) in [5, 5.41) is 8.78. The third-order valence-corrected chi connectivity index (χ3v) is 4.20. The topological polar surface area (TPSA) is 64.0 Å². The molecule has 0 saturated heterocycles. The standard InChI is InChI=1S/C19H18ClN3O2/c1-11(2)23-19(25)15-7-5-4-6-14(15)17(22-23)18(24)21-16-9-8-13(20)10-12(16)3/h4-11H,1-3H3,(H,21,24). The first-order chi connectivity index (χ1) is 11.9. The number of anilines is 1. The number of benzene rings is 2. The second kappa shape index (κ2) is 6.69. The second-order valence-corrected chi connectivity index (χ2v) is 6.59. The second-order valence-electron chi connectivity index (χ2n) is 6.15. The molecule has 25 heavy (non-hydrogen) atoms. The smallest absolute Gasteiger partial charge is 0.276 e. The average molecular weight is 356 g/mol. The monoisotopic (exact) mass is 355 g/mol. The third-order valence-electron chi connectivity index (χ3n) is 3.97. The van der Waals surface area contributed by atoms with Gasteiger partial charge in [-0.25, -0.2) is 4.68 Å². The minimum absolute atomic E-state index is 0.152. The molecule has 3 aromatic rings. The quantitative estimate of drug-likeness (QED) is 0.766. The van der Waals surface area contributed by atoms with E-state index >= 15 is 0 Å². The van der Waals surface area contributed by atoms with Crippen molar-refractivity contribution in [3.63, 3.8) is 0 Å². The van der Waals surface area contributed by atoms with Gasteiger partial charge in [0.1, 0.15) is 0 Å². The molecule has 0 fully saturated rings. The molecule has 0 aliphatic heterocycles. The number of fused-ring (bicyclic) bond motifs is 1. The van der Waals surface area contributed by atoms with Crippen molar-refractivity contribution in [1.29, 1.82) is 0 Å². The lowest BCUT2D eigenvalue weighted by molar-refractivity contribution is 0.102. The van der Waals surface area contributed by atoms with Gasteiger partial charge in [-0.15, -0.1) is 0 Å². The summed E-state index contributed by atoms with van der Waals surface area (Å²) in [5.74, 6) is -0.365. The van der Waals surface area contributed by atoms with E-state index in [1.807, 2.05) is 20.8 Å². The fourth-order valence-electron chi connectivity index (χ4n) is 2.67. The minimum atomic E-state index is -0.365. The van der Waals surface area contributed by atoms with Gasteiger partial charge in [-0.05, 0) is 50.6 Å². The SMILES string of the molecule is Cc1cc(Cl)ccc1NC(=O)c1nn(C(C)C)c(=O)c2ccccc12. The van der Waals surface area contributed by atoms with Crippen LogP contribution in [-0.4, -0.2) is 15.7 Å². The first kappa shape index (κ1) is 17.2. The molecule has 128 valence electrons. The van der Waals surface area contributed by atoms with Gasteiger partial charge in [0.15, 0.2) is 5.69 Å². The van der Waals surface area contributed by atoms with Crippen LogP contribution in [0.15, 0.2) is 47.3 Å². The Balaban J connectivity index is 2.12. The Labute approximate surface area is 150 Å². The summed E-state index contributed by atoms with van der Waals surface area (Å²) in [5.41, 5.74) is 1.52. The molecule has 2 aromatic carbocycles. The molecule has 0 aliphatic carbocycles. The van der Waals surface area contributed by atoms with Crippen LogP contribution in [0.25, 0.3) is 10.8 Å². The van der Waals surface area contributed by atoms with Gasteiger partial charge in [0.2, 0.25) is 0 Å². The Kier molecular flexibility index (Phi) is 4.59. The maximum Gasteiger partial charge on any atom is 0.276 e. The Morgan fingerprint density at radius 2 is 1.84 bits per heavy atom. The first-order valence-electron chi connectivity index (χ1n) is 7.97. The number of amides is 1. The molecule has 6 heteroatoms. The van der Waals surface area contributed by atoms with Crippen molar-refractivity contribution in [1.82, 2.24) is 9.78 Å². The molecule has 3 rings (SSSR count). The van der Waals surface area contributed by atoms with E-state index in [2.05, 4.69) is 10.4 Å². The number of nitrogens with one attached hydrogen (secondary N) is 1. The number of nitrogens with zero attached hydrogens (tertiary/aromatic N) is 2. The first-order valence-corrected chi connectivity index (χ1v) is 8.35. The number of carbonyl (C=O) groups is 1. The summed E-state index contributed by atoms with van der Waals surface area (Å²) in [7, 11) is 0. The van der Waals surface area contributed by atoms with Crippen LogP contribution in [0.4, 0.5) is 5.69 Å². The van der Waals surface area contributed by atoms with Crippen LogP contribution in [-0.2, 0) is 0 Å². The molecular formula is C19H18ClN3O2. The number of carbonyl (C=O) groups excluding carboxylic acids is 1. The lowest BCUT2D eigenvalue weighted by Gasteiger charge is -2.14. The number of aryl methyl sites for hydroxylation is 1. The van der Waals surface area contributed by atoms with Gasteiger partial charge in [0, 0.05) is 16.1 Å². The van der Waals surface area contributed by atoms with Crippen LogP contribution in [0.2, 0.25) is 5.02 Å². The minimum Gasteiger partial charge on any atom is -0.320 e. The van der Waals surface area contributed by atoms with Gasteiger partial charge in [-0.1, -0.05) is 29.8 Å². The van der Waals surface area contributed by atoms with Crippen molar-refractivity contribution in [2.24, 2.45) is 0 Å². The van der Waals surface area contributed by atoms with E-state index in [9.17, 15) is 9.59 Å². The normalized spacial score (nSPS) is 11.1. The maximum absolute atomic E-state index is 12.8. The largest absolute Gasteiger partial charge is 0.320 e. The van der Waals surface area contributed by atoms with Crippen LogP contribution in [0.3, 0.4) is 0 Å². The van der Waals surface area contributed by atoms with Crippen LogP contribution in [0.5, 0.6) is 0 Å². The summed E-state index contributed by atoms with van der Waals surface area (Å²) in [6, 6.07) is 12.1. The fourth-order valence-corrected chi connectivity index (χ4v) is 2.90. The average Bonchev–Trinajstić information content (AvgIpc) is 2.57. The van der Waals surface area contributed by atoms with E-state index in [0.29, 0.717) is 21.5 Å². The fraction of sp³-hybridized carbons (Fsp3) is 0.211. The van der Waals surface area contributed by atoms with E-state index < -0.39 is 0 Å². The lowest BCUT2D eigenvalue weighted by Crippen LogP contribution is -2.29. The molecule has 1 heterocycles. The molecule has 0 bridgehead atoms. The number of rotatable bonds is 3. The summed E-state index contributed by atoms with van der Waals surface area (Å²) < 4.78 is 1.34. The number of hydrogen-bond donors (Lipinski definition) is 1. The van der Waals surface area contributed by atoms with Gasteiger partial charge in [-0.3, -0.25) is 9.59 Å². The molecular weight excluding hydrogens is 338 g/mol. The van der Waals surface area contributed by atoms with Crippen molar-refractivity contribution in [2.45, 2.75) is 26.8 Å². The van der Waals surface area contributed by atoms with Crippen LogP contribution >= 0.6 is 11.6 Å². The van der Waals surface area contributed by atoms with E-state index in [1.165, 1.54) is 4.68 Å². The van der Waals surface area contributed by atoms with Gasteiger partial charge < -0.3 is 5.32 Å². The molecule has 0 radical (unpaired) electrons. The van der Waals surface area contributed by atoms with Gasteiger partial charge in [-0.2, -0.15) is 5.10 Å². The van der Waals surface area contributed by atoms with Crippen molar-refractivity contribution >= 4 is 34.0 Å². The number of halogens is 1. The summed E-state index contributed by atoms with van der Waals surface area (Å²) in [6.07, 6.45) is 0. The van der Waals surface area contributed by atoms with Gasteiger partial charge in [0.25, 0.3) is 11.5 Å². The zero-order chi connectivity index (χ0) is 18.1. The molecule has 1 N–H and O–H groups in total. The molecule has 0 saturated carbocycles. The molecule has 1 amide bonds. The Bertz CT molecular complexity index is 1020. The molecule has 1 aromatic heterocycles. The maximum atomic E-state index is 12.8. The summed E-state index contributed by atoms with van der Waals surface area (Å²) >= 11 is 5.96. The van der Waals surface area contributed by atoms with Gasteiger partial charge >= 0.3 is 0 Å². The van der Waals surface area contributed by atoms with Crippen molar-refractivity contribution < 1.29 is 4.79 Å². The van der Waals surface area contributed by atoms with Gasteiger partial charge in [0.05, 0.1) is 11.4 Å². The lowest BCUT2D eigenvalue weighted by atomic mass is 10.1. The predicted octanol–water partition coefficient (Wildman–Crippen LogP) is 4.19. The number of hydrogen-bond acceptors (Lipinski definition) is 3. The Morgan fingerprint density at radius 1 is 1.16 bits per heavy atom. The number of aromatic nitrogens is 2. The van der Waals surface area contributed by atoms with Crippen molar-refractivity contribution in [2.75, 3.05) is 5.32 Å². The van der Waals surface area contributed by atoms with Crippen LogP contribution in [0, 0.1) is 6.92 Å². The highest BCUT2D eigenvalue weighted by Gasteiger charge is 2.18. The predicted molar refractivity (Wildman–Crippen MR) is 101 cm³/mol. The molecule has 0 aliphatic rings. The van der Waals surface area contributed by atoms with E-state index in [4.69, 9.17) is 11.6 Å². The molecule has 0 atom stereocenters. The Hall–Kier alpha value is -2.66. The molecule has 0 unspecified atom stereocenters. The molecule has 0 spiro atoms. The van der Waals surface area contributed by atoms with E-state index in [-0.39, 0.29) is 23.2 Å². The Morgan fingerprint density at radius 3 is 2.48 bits per heavy atom. The summed E-state index contributed by atoms with van der Waals surface area (Å²) in [6.45, 7) is 5.57. The van der Waals surface area contributed by atoms with Crippen LogP contribution in [0.1, 0.15) is 35.9 Å². The van der Waals surface area contributed by atoms with Crippen LogP contribution < -0.4 is 10.9 Å². The highest BCUT2D eigenvalue weighted by molar-refractivity contribution is 6.30. The van der Waals surface area contributed by atoms with E-state index in [1.54, 1.807) is 42.5 Å². The summed E-state index contributed by atoms with van der Waals surface area (Å²) in [4.78, 5) is 25.4. The molecule has 5 nitrogen and oxygen atoms in total. The zero-order valence-corrected chi connectivity index (χ0v) is 15.0. The third kappa shape index (κ3) is 3.28. The highest BCUT2D eigenvalue weighted by Crippen LogP contribution is 2.21. The van der Waals surface area contributed by atoms with E-state index in [0.717, 1.165) is 5.56 Å². The zero-order valence-electron chi connectivity index (χ0n) is 14.2. The van der Waals surface area contributed by atoms with Crippen molar-refractivity contribution in [3.8, 4) is 0 Å². The highest BCUT2D eigenvalue weighted by atomic mass is 35.5. The van der Waals surface area contributed by atoms with Crippen molar-refractivity contribution in [3.05, 3.63) is 69.1 Å².